The topological polar surface area (TPSA) is 32.9 Å². The molecule has 0 fully saturated rings. The number of pyridine rings is 1. The van der Waals surface area contributed by atoms with Gasteiger partial charge in [-0.05, 0) is 34.2 Å². The van der Waals surface area contributed by atoms with Crippen LogP contribution in [0.3, 0.4) is 0 Å². The van der Waals surface area contributed by atoms with Crippen LogP contribution in [0.2, 0.25) is 0 Å². The van der Waals surface area contributed by atoms with Gasteiger partial charge in [-0.1, -0.05) is 72.8 Å². The number of hydrogen-bond acceptors (Lipinski definition) is 1. The molecule has 3 aromatic carbocycles. The van der Waals surface area contributed by atoms with E-state index in [0.717, 1.165) is 22.0 Å². The smallest absolute Gasteiger partial charge is 0.256 e. The van der Waals surface area contributed by atoms with E-state index in [1.807, 2.05) is 60.7 Å². The maximum absolute atomic E-state index is 12.3. The summed E-state index contributed by atoms with van der Waals surface area (Å²) in [6.45, 7) is 0. The van der Waals surface area contributed by atoms with Gasteiger partial charge in [-0.3, -0.25) is 4.79 Å². The average Bonchev–Trinajstić information content (AvgIpc) is 2.62. The van der Waals surface area contributed by atoms with Crippen LogP contribution in [-0.2, 0) is 0 Å². The summed E-state index contributed by atoms with van der Waals surface area (Å²) in [5.41, 5.74) is 4.75. The summed E-state index contributed by atoms with van der Waals surface area (Å²) in [6.07, 6.45) is 0. The lowest BCUT2D eigenvalue weighted by atomic mass is 10.0. The van der Waals surface area contributed by atoms with Crippen molar-refractivity contribution in [2.24, 2.45) is 0 Å². The van der Waals surface area contributed by atoms with Crippen molar-refractivity contribution in [2.75, 3.05) is 0 Å². The minimum absolute atomic E-state index is 0.0591. The van der Waals surface area contributed by atoms with Gasteiger partial charge in [0.2, 0.25) is 0 Å². The molecular weight excluding hydrogens is 282 g/mol. The quantitative estimate of drug-likeness (QED) is 0.563. The maximum Gasteiger partial charge on any atom is 0.256 e. The lowest BCUT2D eigenvalue weighted by Gasteiger charge is -2.06. The summed E-state index contributed by atoms with van der Waals surface area (Å²) in [5.74, 6) is 0. The minimum Gasteiger partial charge on any atom is -0.321 e. The maximum atomic E-state index is 12.3. The lowest BCUT2D eigenvalue weighted by molar-refractivity contribution is 1.31. The molecule has 0 amide bonds. The molecule has 1 heterocycles. The van der Waals surface area contributed by atoms with Crippen molar-refractivity contribution in [1.29, 1.82) is 0 Å². The predicted molar refractivity (Wildman–Crippen MR) is 95.4 cm³/mol. The Kier molecular flexibility index (Phi) is 3.28. The molecule has 4 aromatic rings. The molecule has 1 N–H and O–H groups in total. The molecular formula is C21H15NO. The summed E-state index contributed by atoms with van der Waals surface area (Å²) in [6, 6.07) is 28.1. The summed E-state index contributed by atoms with van der Waals surface area (Å²) in [7, 11) is 0. The van der Waals surface area contributed by atoms with E-state index >= 15 is 0 Å². The van der Waals surface area contributed by atoms with E-state index < -0.39 is 0 Å². The molecule has 0 unspecified atom stereocenters. The number of rotatable bonds is 2. The zero-order valence-electron chi connectivity index (χ0n) is 12.5. The monoisotopic (exact) mass is 297 g/mol. The Bertz CT molecular complexity index is 1010. The van der Waals surface area contributed by atoms with Crippen molar-refractivity contribution in [3.05, 3.63) is 95.3 Å². The Balaban J connectivity index is 1.79. The van der Waals surface area contributed by atoms with E-state index in [2.05, 4.69) is 29.2 Å². The van der Waals surface area contributed by atoms with Crippen LogP contribution in [-0.4, -0.2) is 4.98 Å². The number of hydrogen-bond donors (Lipinski definition) is 1. The molecule has 2 nitrogen and oxygen atoms in total. The van der Waals surface area contributed by atoms with Crippen LogP contribution in [0.1, 0.15) is 0 Å². The summed E-state index contributed by atoms with van der Waals surface area (Å²) in [4.78, 5) is 15.3. The second-order valence-electron chi connectivity index (χ2n) is 5.54. The number of fused-ring (bicyclic) bond motifs is 1. The molecule has 0 atom stereocenters. The van der Waals surface area contributed by atoms with Crippen LogP contribution in [0.15, 0.2) is 89.7 Å². The Hall–Kier alpha value is -3.13. The molecule has 0 aliphatic carbocycles. The second kappa shape index (κ2) is 5.58. The van der Waals surface area contributed by atoms with Crippen LogP contribution in [0.4, 0.5) is 0 Å². The van der Waals surface area contributed by atoms with E-state index in [0.29, 0.717) is 5.56 Å². The largest absolute Gasteiger partial charge is 0.321 e. The fraction of sp³-hybridized carbons (Fsp3) is 0. The van der Waals surface area contributed by atoms with Crippen LogP contribution in [0.5, 0.6) is 0 Å². The minimum atomic E-state index is -0.0591. The van der Waals surface area contributed by atoms with Crippen molar-refractivity contribution in [2.45, 2.75) is 0 Å². The van der Waals surface area contributed by atoms with Gasteiger partial charge in [0.15, 0.2) is 0 Å². The molecule has 0 saturated heterocycles. The van der Waals surface area contributed by atoms with Crippen molar-refractivity contribution in [1.82, 2.24) is 4.98 Å². The third-order valence-corrected chi connectivity index (χ3v) is 4.06. The first-order valence-corrected chi connectivity index (χ1v) is 7.59. The number of para-hydroxylation sites is 1. The van der Waals surface area contributed by atoms with Crippen LogP contribution in [0, 0.1) is 0 Å². The standard InChI is InChI=1S/C21H15NO/c23-21-19(14-18-8-4-5-9-20(18)22-21)17-12-10-16(11-13-17)15-6-2-1-3-7-15/h1-14H,(H,22,23). The van der Waals surface area contributed by atoms with Gasteiger partial charge in [0, 0.05) is 11.1 Å². The number of H-pyrrole nitrogens is 1. The van der Waals surface area contributed by atoms with Crippen LogP contribution in [0.25, 0.3) is 33.2 Å². The first-order chi connectivity index (χ1) is 11.3. The van der Waals surface area contributed by atoms with Gasteiger partial charge in [-0.25, -0.2) is 0 Å². The summed E-state index contributed by atoms with van der Waals surface area (Å²) in [5, 5.41) is 1.04. The first-order valence-electron chi connectivity index (χ1n) is 7.59. The Labute approximate surface area is 134 Å². The average molecular weight is 297 g/mol. The second-order valence-corrected chi connectivity index (χ2v) is 5.54. The van der Waals surface area contributed by atoms with E-state index in [1.54, 1.807) is 0 Å². The molecule has 4 rings (SSSR count). The zero-order valence-corrected chi connectivity index (χ0v) is 12.5. The number of nitrogens with one attached hydrogen (secondary N) is 1. The third kappa shape index (κ3) is 2.55. The Morgan fingerprint density at radius 1 is 0.609 bits per heavy atom. The van der Waals surface area contributed by atoms with Gasteiger partial charge in [0.25, 0.3) is 5.56 Å². The van der Waals surface area contributed by atoms with Crippen molar-refractivity contribution < 1.29 is 0 Å². The molecule has 0 saturated carbocycles. The fourth-order valence-electron chi connectivity index (χ4n) is 2.83. The van der Waals surface area contributed by atoms with Gasteiger partial charge >= 0.3 is 0 Å². The van der Waals surface area contributed by atoms with Crippen LogP contribution < -0.4 is 5.56 Å². The fourth-order valence-corrected chi connectivity index (χ4v) is 2.83. The highest BCUT2D eigenvalue weighted by Gasteiger charge is 2.06. The highest BCUT2D eigenvalue weighted by Crippen LogP contribution is 2.24. The van der Waals surface area contributed by atoms with Gasteiger partial charge in [0.1, 0.15) is 0 Å². The van der Waals surface area contributed by atoms with Gasteiger partial charge in [-0.2, -0.15) is 0 Å². The summed E-state index contributed by atoms with van der Waals surface area (Å²) >= 11 is 0. The molecule has 0 bridgehead atoms. The molecule has 0 radical (unpaired) electrons. The van der Waals surface area contributed by atoms with Gasteiger partial charge < -0.3 is 4.98 Å². The molecule has 110 valence electrons. The van der Waals surface area contributed by atoms with Crippen molar-refractivity contribution >= 4 is 10.9 Å². The van der Waals surface area contributed by atoms with E-state index in [1.165, 1.54) is 5.56 Å². The predicted octanol–water partition coefficient (Wildman–Crippen LogP) is 4.86. The van der Waals surface area contributed by atoms with E-state index in [-0.39, 0.29) is 5.56 Å². The van der Waals surface area contributed by atoms with Crippen LogP contribution >= 0.6 is 0 Å². The van der Waals surface area contributed by atoms with E-state index in [9.17, 15) is 4.79 Å². The third-order valence-electron chi connectivity index (χ3n) is 4.06. The molecule has 23 heavy (non-hydrogen) atoms. The SMILES string of the molecule is O=c1[nH]c2ccccc2cc1-c1ccc(-c2ccccc2)cc1. The highest BCUT2D eigenvalue weighted by molar-refractivity contribution is 5.83. The van der Waals surface area contributed by atoms with Crippen molar-refractivity contribution in [3.63, 3.8) is 0 Å². The number of aromatic nitrogens is 1. The summed E-state index contributed by atoms with van der Waals surface area (Å²) < 4.78 is 0. The normalized spacial score (nSPS) is 10.8. The lowest BCUT2D eigenvalue weighted by Crippen LogP contribution is -2.08. The van der Waals surface area contributed by atoms with Crippen molar-refractivity contribution in [3.8, 4) is 22.3 Å². The molecule has 2 heteroatoms. The van der Waals surface area contributed by atoms with Gasteiger partial charge in [-0.15, -0.1) is 0 Å². The number of aromatic amines is 1. The van der Waals surface area contributed by atoms with E-state index in [4.69, 9.17) is 0 Å². The molecule has 1 aromatic heterocycles. The Morgan fingerprint density at radius 2 is 1.22 bits per heavy atom. The molecule has 0 aliphatic rings. The first kappa shape index (κ1) is 13.5. The highest BCUT2D eigenvalue weighted by atomic mass is 16.1. The Morgan fingerprint density at radius 3 is 2.00 bits per heavy atom. The molecule has 0 aliphatic heterocycles. The molecule has 0 spiro atoms. The number of benzene rings is 3. The zero-order chi connectivity index (χ0) is 15.6. The van der Waals surface area contributed by atoms with Gasteiger partial charge in [0.05, 0.1) is 0 Å².